The number of rotatable bonds is 2. The number of carbonyl (C=O) groups is 1. The first-order valence-corrected chi connectivity index (χ1v) is 5.08. The van der Waals surface area contributed by atoms with Crippen LogP contribution in [0.1, 0.15) is 26.7 Å². The molecular formula is C10H16FNO2. The highest BCUT2D eigenvalue weighted by Gasteiger charge is 2.51. The standard InChI is InChI=1S/C10H16FNO2/c1-10(2)12-8(6-14-10)7(3-4-11)5-9(12)13/h7-8H,3-6H2,1-2H3/t7-,8-/m1/s1. The summed E-state index contributed by atoms with van der Waals surface area (Å²) in [6.45, 7) is 4.00. The molecule has 2 saturated heterocycles. The Hall–Kier alpha value is -0.640. The van der Waals surface area contributed by atoms with Crippen molar-refractivity contribution in [1.82, 2.24) is 4.90 Å². The molecular weight excluding hydrogens is 185 g/mol. The third-order valence-electron chi connectivity index (χ3n) is 3.25. The molecule has 2 aliphatic rings. The summed E-state index contributed by atoms with van der Waals surface area (Å²) in [6, 6.07) is 0.105. The molecule has 0 aromatic rings. The summed E-state index contributed by atoms with van der Waals surface area (Å²) in [5.41, 5.74) is -0.493. The zero-order valence-electron chi connectivity index (χ0n) is 8.62. The zero-order valence-corrected chi connectivity index (χ0v) is 8.62. The van der Waals surface area contributed by atoms with E-state index in [0.29, 0.717) is 19.4 Å². The van der Waals surface area contributed by atoms with Crippen molar-refractivity contribution in [3.05, 3.63) is 0 Å². The predicted molar refractivity (Wildman–Crippen MR) is 49.4 cm³/mol. The molecule has 2 rings (SSSR count). The normalized spacial score (nSPS) is 35.1. The third-order valence-corrected chi connectivity index (χ3v) is 3.25. The molecule has 0 unspecified atom stereocenters. The van der Waals surface area contributed by atoms with Crippen LogP contribution in [-0.2, 0) is 9.53 Å². The summed E-state index contributed by atoms with van der Waals surface area (Å²) in [5, 5.41) is 0. The fraction of sp³-hybridized carbons (Fsp3) is 0.900. The van der Waals surface area contributed by atoms with E-state index >= 15 is 0 Å². The van der Waals surface area contributed by atoms with E-state index in [1.807, 2.05) is 13.8 Å². The average molecular weight is 201 g/mol. The molecule has 4 heteroatoms. The molecule has 0 aromatic carbocycles. The van der Waals surface area contributed by atoms with Gasteiger partial charge in [-0.1, -0.05) is 0 Å². The molecule has 2 atom stereocenters. The van der Waals surface area contributed by atoms with Gasteiger partial charge in [0.25, 0.3) is 0 Å². The minimum Gasteiger partial charge on any atom is -0.354 e. The molecule has 2 heterocycles. The quantitative estimate of drug-likeness (QED) is 0.674. The second kappa shape index (κ2) is 3.19. The fourth-order valence-electron chi connectivity index (χ4n) is 2.56. The molecule has 80 valence electrons. The van der Waals surface area contributed by atoms with E-state index in [9.17, 15) is 9.18 Å². The summed E-state index contributed by atoms with van der Waals surface area (Å²) in [5.74, 6) is 0.255. The van der Waals surface area contributed by atoms with Crippen molar-refractivity contribution in [3.8, 4) is 0 Å². The van der Waals surface area contributed by atoms with Crippen LogP contribution in [0.4, 0.5) is 4.39 Å². The van der Waals surface area contributed by atoms with Crippen molar-refractivity contribution in [2.24, 2.45) is 5.92 Å². The minimum absolute atomic E-state index is 0.105. The molecule has 0 saturated carbocycles. The fourth-order valence-corrected chi connectivity index (χ4v) is 2.56. The highest BCUT2D eigenvalue weighted by Crippen LogP contribution is 2.39. The van der Waals surface area contributed by atoms with E-state index in [-0.39, 0.29) is 24.5 Å². The van der Waals surface area contributed by atoms with Gasteiger partial charge in [-0.25, -0.2) is 0 Å². The Bertz CT molecular complexity index is 255. The topological polar surface area (TPSA) is 29.5 Å². The molecule has 0 N–H and O–H groups in total. The van der Waals surface area contributed by atoms with Crippen LogP contribution in [0.15, 0.2) is 0 Å². The second-order valence-corrected chi connectivity index (χ2v) is 4.53. The lowest BCUT2D eigenvalue weighted by Crippen LogP contribution is -2.43. The van der Waals surface area contributed by atoms with Crippen LogP contribution in [0.2, 0.25) is 0 Å². The Morgan fingerprint density at radius 1 is 1.64 bits per heavy atom. The SMILES string of the molecule is CC1(C)OC[C@@H]2[C@H](CCF)CC(=O)N21. The van der Waals surface area contributed by atoms with E-state index < -0.39 is 5.72 Å². The van der Waals surface area contributed by atoms with Gasteiger partial charge in [0.1, 0.15) is 5.72 Å². The van der Waals surface area contributed by atoms with E-state index in [2.05, 4.69) is 0 Å². The van der Waals surface area contributed by atoms with E-state index in [1.165, 1.54) is 0 Å². The Morgan fingerprint density at radius 3 is 3.00 bits per heavy atom. The first kappa shape index (κ1) is 9.90. The highest BCUT2D eigenvalue weighted by molar-refractivity contribution is 5.80. The largest absolute Gasteiger partial charge is 0.354 e. The number of halogens is 1. The predicted octanol–water partition coefficient (Wildman–Crippen LogP) is 1.33. The summed E-state index contributed by atoms with van der Waals surface area (Å²) in [6.07, 6.45) is 0.966. The smallest absolute Gasteiger partial charge is 0.225 e. The van der Waals surface area contributed by atoms with Crippen LogP contribution in [0.25, 0.3) is 0 Å². The van der Waals surface area contributed by atoms with Crippen LogP contribution < -0.4 is 0 Å². The van der Waals surface area contributed by atoms with Crippen LogP contribution in [-0.4, -0.2) is 35.9 Å². The molecule has 0 bridgehead atoms. The molecule has 14 heavy (non-hydrogen) atoms. The maximum Gasteiger partial charge on any atom is 0.225 e. The van der Waals surface area contributed by atoms with E-state index in [1.54, 1.807) is 4.90 Å². The Balaban J connectivity index is 2.16. The van der Waals surface area contributed by atoms with Crippen molar-refractivity contribution in [2.45, 2.75) is 38.5 Å². The van der Waals surface area contributed by atoms with Crippen molar-refractivity contribution in [1.29, 1.82) is 0 Å². The van der Waals surface area contributed by atoms with Crippen molar-refractivity contribution < 1.29 is 13.9 Å². The van der Waals surface area contributed by atoms with Gasteiger partial charge in [-0.2, -0.15) is 0 Å². The lowest BCUT2D eigenvalue weighted by Gasteiger charge is -2.29. The number of hydrogen-bond donors (Lipinski definition) is 0. The van der Waals surface area contributed by atoms with Gasteiger partial charge in [-0.3, -0.25) is 9.18 Å². The monoisotopic (exact) mass is 201 g/mol. The Morgan fingerprint density at radius 2 is 2.36 bits per heavy atom. The number of carbonyl (C=O) groups excluding carboxylic acids is 1. The van der Waals surface area contributed by atoms with E-state index in [4.69, 9.17) is 4.74 Å². The van der Waals surface area contributed by atoms with Gasteiger partial charge < -0.3 is 9.64 Å². The number of nitrogens with zero attached hydrogens (tertiary/aromatic N) is 1. The summed E-state index contributed by atoms with van der Waals surface area (Å²) in [4.78, 5) is 13.5. The van der Waals surface area contributed by atoms with Gasteiger partial charge >= 0.3 is 0 Å². The maximum absolute atomic E-state index is 12.3. The lowest BCUT2D eigenvalue weighted by molar-refractivity contribution is -0.141. The molecule has 0 spiro atoms. The van der Waals surface area contributed by atoms with Crippen LogP contribution in [0.5, 0.6) is 0 Å². The second-order valence-electron chi connectivity index (χ2n) is 4.53. The number of amides is 1. The minimum atomic E-state index is -0.493. The number of ether oxygens (including phenoxy) is 1. The molecule has 0 aliphatic carbocycles. The van der Waals surface area contributed by atoms with Gasteiger partial charge in [0, 0.05) is 6.42 Å². The lowest BCUT2D eigenvalue weighted by atomic mass is 9.98. The van der Waals surface area contributed by atoms with Gasteiger partial charge in [-0.15, -0.1) is 0 Å². The van der Waals surface area contributed by atoms with Gasteiger partial charge in [-0.05, 0) is 26.2 Å². The van der Waals surface area contributed by atoms with E-state index in [0.717, 1.165) is 0 Å². The first-order chi connectivity index (χ1) is 6.56. The zero-order chi connectivity index (χ0) is 10.3. The third kappa shape index (κ3) is 1.32. The average Bonchev–Trinajstić information content (AvgIpc) is 2.55. The number of fused-ring (bicyclic) bond motifs is 1. The maximum atomic E-state index is 12.3. The number of alkyl halides is 1. The molecule has 0 radical (unpaired) electrons. The number of hydrogen-bond acceptors (Lipinski definition) is 2. The summed E-state index contributed by atoms with van der Waals surface area (Å²) >= 11 is 0. The van der Waals surface area contributed by atoms with Crippen molar-refractivity contribution in [3.63, 3.8) is 0 Å². The van der Waals surface area contributed by atoms with Gasteiger partial charge in [0.05, 0.1) is 19.3 Å². The van der Waals surface area contributed by atoms with Gasteiger partial charge in [0.2, 0.25) is 5.91 Å². The first-order valence-electron chi connectivity index (χ1n) is 5.08. The summed E-state index contributed by atoms with van der Waals surface area (Å²) < 4.78 is 17.8. The highest BCUT2D eigenvalue weighted by atomic mass is 19.1. The molecule has 0 aromatic heterocycles. The Kier molecular flexibility index (Phi) is 2.26. The Labute approximate surface area is 83.2 Å². The molecule has 3 nitrogen and oxygen atoms in total. The van der Waals surface area contributed by atoms with Crippen molar-refractivity contribution >= 4 is 5.91 Å². The summed E-state index contributed by atoms with van der Waals surface area (Å²) in [7, 11) is 0. The van der Waals surface area contributed by atoms with Crippen LogP contribution in [0, 0.1) is 5.92 Å². The van der Waals surface area contributed by atoms with Crippen LogP contribution >= 0.6 is 0 Å². The molecule has 2 fully saturated rings. The van der Waals surface area contributed by atoms with Gasteiger partial charge in [0.15, 0.2) is 0 Å². The van der Waals surface area contributed by atoms with Crippen LogP contribution in [0.3, 0.4) is 0 Å². The molecule has 2 aliphatic heterocycles. The molecule has 1 amide bonds. The van der Waals surface area contributed by atoms with Crippen molar-refractivity contribution in [2.75, 3.05) is 13.3 Å².